The molecule has 1 unspecified atom stereocenters. The van der Waals surface area contributed by atoms with Gasteiger partial charge in [-0.15, -0.1) is 0 Å². The number of carbonyl (C=O) groups is 1. The maximum atomic E-state index is 12.2. The summed E-state index contributed by atoms with van der Waals surface area (Å²) in [7, 11) is 0. The second kappa shape index (κ2) is 7.11. The van der Waals surface area contributed by atoms with Crippen molar-refractivity contribution in [2.24, 2.45) is 5.10 Å². The maximum Gasteiger partial charge on any atom is 0.240 e. The van der Waals surface area contributed by atoms with Crippen LogP contribution in [0.3, 0.4) is 0 Å². The van der Waals surface area contributed by atoms with Crippen LogP contribution in [0, 0.1) is 0 Å². The molecule has 2 aliphatic rings. The second-order valence-corrected chi connectivity index (χ2v) is 7.31. The van der Waals surface area contributed by atoms with E-state index in [1.807, 2.05) is 42.5 Å². The molecular formula is C20H19BrN2O3. The summed E-state index contributed by atoms with van der Waals surface area (Å²) in [4.78, 5) is 12.2. The van der Waals surface area contributed by atoms with Crippen molar-refractivity contribution in [3.63, 3.8) is 0 Å². The van der Waals surface area contributed by atoms with Gasteiger partial charge in [0, 0.05) is 24.2 Å². The minimum absolute atomic E-state index is 0.0748. The Kier molecular flexibility index (Phi) is 4.68. The molecule has 0 saturated heterocycles. The lowest BCUT2D eigenvalue weighted by molar-refractivity contribution is -0.130. The maximum absolute atomic E-state index is 12.2. The molecule has 1 amide bonds. The third-order valence-electron chi connectivity index (χ3n) is 4.57. The molecule has 0 saturated carbocycles. The molecule has 0 radical (unpaired) electrons. The average molecular weight is 415 g/mol. The van der Waals surface area contributed by atoms with Crippen LogP contribution in [0.1, 0.15) is 36.9 Å². The summed E-state index contributed by atoms with van der Waals surface area (Å²) in [6.45, 7) is 2.84. The Hall–Kier alpha value is -2.34. The van der Waals surface area contributed by atoms with E-state index in [4.69, 9.17) is 9.47 Å². The van der Waals surface area contributed by atoms with Crippen LogP contribution in [0.2, 0.25) is 0 Å². The zero-order valence-corrected chi connectivity index (χ0v) is 16.0. The molecular weight excluding hydrogens is 396 g/mol. The molecule has 0 fully saturated rings. The molecule has 0 aliphatic carbocycles. The number of halogens is 1. The first kappa shape index (κ1) is 17.1. The SMILES string of the molecule is CC(=O)N1N=C(c2ccc(Br)cc2)CC1c1ccc2c(c1)OCCCO2. The van der Waals surface area contributed by atoms with Crippen molar-refractivity contribution >= 4 is 27.5 Å². The number of carbonyl (C=O) groups excluding carboxylic acids is 1. The first-order valence-corrected chi connectivity index (χ1v) is 9.44. The topological polar surface area (TPSA) is 51.1 Å². The van der Waals surface area contributed by atoms with E-state index in [9.17, 15) is 4.79 Å². The summed E-state index contributed by atoms with van der Waals surface area (Å²) in [5.41, 5.74) is 2.93. The molecule has 5 nitrogen and oxygen atoms in total. The highest BCUT2D eigenvalue weighted by Crippen LogP contribution is 2.38. The van der Waals surface area contributed by atoms with Crippen LogP contribution in [0.15, 0.2) is 52.0 Å². The number of amides is 1. The molecule has 0 aromatic heterocycles. The molecule has 2 aromatic carbocycles. The van der Waals surface area contributed by atoms with Gasteiger partial charge in [0.1, 0.15) is 0 Å². The molecule has 1 atom stereocenters. The Balaban J connectivity index is 1.65. The van der Waals surface area contributed by atoms with Gasteiger partial charge in [0.25, 0.3) is 0 Å². The predicted molar refractivity (Wildman–Crippen MR) is 103 cm³/mol. The third kappa shape index (κ3) is 3.33. The van der Waals surface area contributed by atoms with Gasteiger partial charge in [-0.1, -0.05) is 34.1 Å². The highest BCUT2D eigenvalue weighted by molar-refractivity contribution is 9.10. The van der Waals surface area contributed by atoms with Crippen LogP contribution in [0.4, 0.5) is 0 Å². The fourth-order valence-corrected chi connectivity index (χ4v) is 3.53. The van der Waals surface area contributed by atoms with Crippen molar-refractivity contribution in [1.29, 1.82) is 0 Å². The van der Waals surface area contributed by atoms with Gasteiger partial charge in [0.05, 0.1) is 25.0 Å². The number of nitrogens with zero attached hydrogens (tertiary/aromatic N) is 2. The van der Waals surface area contributed by atoms with Crippen molar-refractivity contribution in [1.82, 2.24) is 5.01 Å². The van der Waals surface area contributed by atoms with Gasteiger partial charge in [0.15, 0.2) is 11.5 Å². The molecule has 0 spiro atoms. The van der Waals surface area contributed by atoms with E-state index in [-0.39, 0.29) is 11.9 Å². The lowest BCUT2D eigenvalue weighted by Crippen LogP contribution is -2.24. The standard InChI is InChI=1S/C20H19BrN2O3/c1-13(24)23-18(12-17(22-23)14-3-6-16(21)7-4-14)15-5-8-19-20(11-15)26-10-2-9-25-19/h3-8,11,18H,2,9-10,12H2,1H3. The quantitative estimate of drug-likeness (QED) is 0.735. The lowest BCUT2D eigenvalue weighted by Gasteiger charge is -2.21. The molecule has 6 heteroatoms. The molecule has 2 heterocycles. The number of rotatable bonds is 2. The first-order valence-electron chi connectivity index (χ1n) is 8.64. The largest absolute Gasteiger partial charge is 0.490 e. The third-order valence-corrected chi connectivity index (χ3v) is 5.10. The normalized spacial score (nSPS) is 19.1. The van der Waals surface area contributed by atoms with Crippen LogP contribution >= 0.6 is 15.9 Å². The molecule has 134 valence electrons. The lowest BCUT2D eigenvalue weighted by atomic mass is 9.98. The van der Waals surface area contributed by atoms with Gasteiger partial charge >= 0.3 is 0 Å². The van der Waals surface area contributed by atoms with Crippen molar-refractivity contribution in [2.45, 2.75) is 25.8 Å². The van der Waals surface area contributed by atoms with Crippen molar-refractivity contribution in [3.05, 3.63) is 58.1 Å². The van der Waals surface area contributed by atoms with Crippen LogP contribution in [-0.2, 0) is 4.79 Å². The fourth-order valence-electron chi connectivity index (χ4n) is 3.26. The van der Waals surface area contributed by atoms with Crippen LogP contribution in [0.25, 0.3) is 0 Å². The van der Waals surface area contributed by atoms with E-state index in [2.05, 4.69) is 21.0 Å². The van der Waals surface area contributed by atoms with Gasteiger partial charge in [-0.2, -0.15) is 5.10 Å². The Morgan fingerprint density at radius 2 is 1.85 bits per heavy atom. The summed E-state index contributed by atoms with van der Waals surface area (Å²) in [6.07, 6.45) is 1.53. The summed E-state index contributed by atoms with van der Waals surface area (Å²) in [5.74, 6) is 1.42. The Labute approximate surface area is 160 Å². The number of benzene rings is 2. The van der Waals surface area contributed by atoms with Crippen molar-refractivity contribution in [2.75, 3.05) is 13.2 Å². The fraction of sp³-hybridized carbons (Fsp3) is 0.300. The molecule has 0 bridgehead atoms. The number of ether oxygens (including phenoxy) is 2. The smallest absolute Gasteiger partial charge is 0.240 e. The monoisotopic (exact) mass is 414 g/mol. The molecule has 2 aromatic rings. The van der Waals surface area contributed by atoms with E-state index < -0.39 is 0 Å². The van der Waals surface area contributed by atoms with E-state index in [1.54, 1.807) is 11.9 Å². The van der Waals surface area contributed by atoms with Crippen LogP contribution in [0.5, 0.6) is 11.5 Å². The second-order valence-electron chi connectivity index (χ2n) is 6.39. The van der Waals surface area contributed by atoms with Gasteiger partial charge in [-0.05, 0) is 35.4 Å². The van der Waals surface area contributed by atoms with Crippen molar-refractivity contribution < 1.29 is 14.3 Å². The number of hydrogen-bond acceptors (Lipinski definition) is 4. The van der Waals surface area contributed by atoms with Crippen molar-refractivity contribution in [3.8, 4) is 11.5 Å². The summed E-state index contributed by atoms with van der Waals surface area (Å²) >= 11 is 3.45. The zero-order chi connectivity index (χ0) is 18.1. The Morgan fingerprint density at radius 1 is 1.12 bits per heavy atom. The summed E-state index contributed by atoms with van der Waals surface area (Å²) < 4.78 is 12.5. The van der Waals surface area contributed by atoms with Crippen LogP contribution < -0.4 is 9.47 Å². The zero-order valence-electron chi connectivity index (χ0n) is 14.4. The number of fused-ring (bicyclic) bond motifs is 1. The summed E-state index contributed by atoms with van der Waals surface area (Å²) in [5, 5.41) is 6.16. The highest BCUT2D eigenvalue weighted by Gasteiger charge is 2.32. The number of hydrazone groups is 1. The van der Waals surface area contributed by atoms with Gasteiger partial charge in [-0.25, -0.2) is 5.01 Å². The Morgan fingerprint density at radius 3 is 2.58 bits per heavy atom. The minimum Gasteiger partial charge on any atom is -0.490 e. The van der Waals surface area contributed by atoms with Gasteiger partial charge in [0.2, 0.25) is 5.91 Å². The van der Waals surface area contributed by atoms with Gasteiger partial charge < -0.3 is 9.47 Å². The molecule has 26 heavy (non-hydrogen) atoms. The van der Waals surface area contributed by atoms with Gasteiger partial charge in [-0.3, -0.25) is 4.79 Å². The predicted octanol–water partition coefficient (Wildman–Crippen LogP) is 4.31. The summed E-state index contributed by atoms with van der Waals surface area (Å²) in [6, 6.07) is 13.7. The molecule has 2 aliphatic heterocycles. The highest BCUT2D eigenvalue weighted by atomic mass is 79.9. The number of hydrogen-bond donors (Lipinski definition) is 0. The molecule has 0 N–H and O–H groups in total. The van der Waals surface area contributed by atoms with Crippen LogP contribution in [-0.4, -0.2) is 29.8 Å². The van der Waals surface area contributed by atoms with E-state index in [1.165, 1.54) is 0 Å². The van der Waals surface area contributed by atoms with E-state index in [0.29, 0.717) is 19.6 Å². The first-order chi connectivity index (χ1) is 12.6. The minimum atomic E-state index is -0.136. The molecule has 4 rings (SSSR count). The van der Waals surface area contributed by atoms with E-state index in [0.717, 1.165) is 39.2 Å². The van der Waals surface area contributed by atoms with E-state index >= 15 is 0 Å². The Bertz CT molecular complexity index is 864. The average Bonchev–Trinajstić information content (AvgIpc) is 2.95.